The molecule has 1 aromatic carbocycles. The van der Waals surface area contributed by atoms with Crippen LogP contribution >= 0.6 is 0 Å². The molecule has 1 fully saturated rings. The lowest BCUT2D eigenvalue weighted by molar-refractivity contribution is -0.149. The van der Waals surface area contributed by atoms with Crippen molar-refractivity contribution in [2.45, 2.75) is 31.7 Å². The van der Waals surface area contributed by atoms with Gasteiger partial charge < -0.3 is 14.6 Å². The minimum atomic E-state index is -0.857. The molecule has 20 heavy (non-hydrogen) atoms. The number of carbonyl (C=O) groups is 1. The first-order valence-electron chi connectivity index (χ1n) is 6.96. The lowest BCUT2D eigenvalue weighted by Crippen LogP contribution is -2.52. The molecule has 0 spiro atoms. The van der Waals surface area contributed by atoms with Gasteiger partial charge >= 0.3 is 5.97 Å². The van der Waals surface area contributed by atoms with E-state index in [0.29, 0.717) is 12.2 Å². The van der Waals surface area contributed by atoms with Crippen molar-refractivity contribution in [3.05, 3.63) is 23.8 Å². The molecule has 108 valence electrons. The predicted octanol–water partition coefficient (Wildman–Crippen LogP) is 1.90. The Bertz CT molecular complexity index is 525. The molecule has 5 nitrogen and oxygen atoms in total. The number of fused-ring (bicyclic) bond motifs is 1. The minimum Gasteiger partial charge on any atom is -0.480 e. The van der Waals surface area contributed by atoms with E-state index in [1.807, 2.05) is 25.1 Å². The van der Waals surface area contributed by atoms with Crippen molar-refractivity contribution in [1.82, 2.24) is 4.90 Å². The number of carboxylic acids is 1. The summed E-state index contributed by atoms with van der Waals surface area (Å²) in [6, 6.07) is 5.66. The molecule has 0 radical (unpaired) electrons. The summed E-state index contributed by atoms with van der Waals surface area (Å²) in [7, 11) is 0. The normalized spacial score (nSPS) is 20.9. The van der Waals surface area contributed by atoms with Crippen LogP contribution in [0.5, 0.6) is 11.5 Å². The highest BCUT2D eigenvalue weighted by atomic mass is 16.7. The van der Waals surface area contributed by atoms with Crippen LogP contribution in [0.3, 0.4) is 0 Å². The summed E-state index contributed by atoms with van der Waals surface area (Å²) in [4.78, 5) is 13.8. The average molecular weight is 277 g/mol. The number of ether oxygens (including phenoxy) is 2. The Kier molecular flexibility index (Phi) is 3.30. The molecule has 2 heterocycles. The summed E-state index contributed by atoms with van der Waals surface area (Å²) in [5.41, 5.74) is 0.107. The zero-order valence-corrected chi connectivity index (χ0v) is 11.6. The Balaban J connectivity index is 1.84. The minimum absolute atomic E-state index is 0.237. The van der Waals surface area contributed by atoms with Crippen LogP contribution in [0.15, 0.2) is 18.2 Å². The maximum atomic E-state index is 11.7. The van der Waals surface area contributed by atoms with E-state index in [4.69, 9.17) is 9.47 Å². The second kappa shape index (κ2) is 4.98. The molecule has 0 aliphatic carbocycles. The molecule has 1 saturated heterocycles. The maximum Gasteiger partial charge on any atom is 0.324 e. The molecule has 1 atom stereocenters. The van der Waals surface area contributed by atoms with E-state index in [1.165, 1.54) is 0 Å². The van der Waals surface area contributed by atoms with Gasteiger partial charge in [-0.3, -0.25) is 9.69 Å². The fourth-order valence-corrected chi connectivity index (χ4v) is 2.98. The van der Waals surface area contributed by atoms with Gasteiger partial charge in [-0.05, 0) is 50.6 Å². The first-order valence-corrected chi connectivity index (χ1v) is 6.96. The molecule has 1 N–H and O–H groups in total. The lowest BCUT2D eigenvalue weighted by atomic mass is 9.91. The average Bonchev–Trinajstić information content (AvgIpc) is 3.09. The smallest absolute Gasteiger partial charge is 0.324 e. The second-order valence-electron chi connectivity index (χ2n) is 5.64. The number of likely N-dealkylation sites (tertiary alicyclic amines) is 1. The van der Waals surface area contributed by atoms with E-state index in [2.05, 4.69) is 4.90 Å². The molecule has 0 aromatic heterocycles. The summed E-state index contributed by atoms with van der Waals surface area (Å²) in [5, 5.41) is 9.65. The van der Waals surface area contributed by atoms with E-state index in [-0.39, 0.29) is 6.79 Å². The second-order valence-corrected chi connectivity index (χ2v) is 5.64. The molecular weight excluding hydrogens is 258 g/mol. The van der Waals surface area contributed by atoms with E-state index in [9.17, 15) is 9.90 Å². The van der Waals surface area contributed by atoms with Gasteiger partial charge in [-0.25, -0.2) is 0 Å². The fraction of sp³-hybridized carbons (Fsp3) is 0.533. The predicted molar refractivity (Wildman–Crippen MR) is 73.1 cm³/mol. The van der Waals surface area contributed by atoms with E-state index in [1.54, 1.807) is 0 Å². The quantitative estimate of drug-likeness (QED) is 0.911. The zero-order valence-electron chi connectivity index (χ0n) is 11.6. The number of benzene rings is 1. The van der Waals surface area contributed by atoms with Crippen molar-refractivity contribution in [2.24, 2.45) is 0 Å². The van der Waals surface area contributed by atoms with E-state index < -0.39 is 11.5 Å². The van der Waals surface area contributed by atoms with Gasteiger partial charge in [0.1, 0.15) is 5.54 Å². The molecular formula is C15H19NO4. The van der Waals surface area contributed by atoms with Gasteiger partial charge in [0.15, 0.2) is 11.5 Å². The summed E-state index contributed by atoms with van der Waals surface area (Å²) in [5.74, 6) is 0.667. The van der Waals surface area contributed by atoms with Crippen molar-refractivity contribution in [2.75, 3.05) is 19.9 Å². The van der Waals surface area contributed by atoms with Crippen LogP contribution in [0.25, 0.3) is 0 Å². The Labute approximate surface area is 118 Å². The monoisotopic (exact) mass is 277 g/mol. The third-order valence-electron chi connectivity index (χ3n) is 4.25. The first-order chi connectivity index (χ1) is 9.59. The zero-order chi connectivity index (χ0) is 14.2. The molecule has 5 heteroatoms. The van der Waals surface area contributed by atoms with E-state index >= 15 is 0 Å². The standard InChI is InChI=1S/C15H19NO4/c1-15(14(17)18,16-6-2-3-7-16)9-11-4-5-12-13(8-11)20-10-19-12/h4-5,8H,2-3,6-7,9-10H2,1H3,(H,17,18). The van der Waals surface area contributed by atoms with Gasteiger partial charge in [0.05, 0.1) is 0 Å². The largest absolute Gasteiger partial charge is 0.480 e. The Morgan fingerprint density at radius 3 is 2.70 bits per heavy atom. The molecule has 2 aliphatic rings. The van der Waals surface area contributed by atoms with Crippen molar-refractivity contribution in [3.63, 3.8) is 0 Å². The molecule has 1 aromatic rings. The van der Waals surface area contributed by atoms with Crippen LogP contribution in [-0.4, -0.2) is 41.4 Å². The van der Waals surface area contributed by atoms with E-state index in [0.717, 1.165) is 37.2 Å². The van der Waals surface area contributed by atoms with Crippen LogP contribution < -0.4 is 9.47 Å². The molecule has 0 saturated carbocycles. The highest BCUT2D eigenvalue weighted by Crippen LogP contribution is 2.34. The van der Waals surface area contributed by atoms with Crippen molar-refractivity contribution in [3.8, 4) is 11.5 Å². The summed E-state index contributed by atoms with van der Waals surface area (Å²) in [6.45, 7) is 3.76. The topological polar surface area (TPSA) is 59.0 Å². The Morgan fingerprint density at radius 1 is 1.30 bits per heavy atom. The number of hydrogen-bond acceptors (Lipinski definition) is 4. The number of rotatable bonds is 4. The molecule has 3 rings (SSSR count). The van der Waals surface area contributed by atoms with Crippen LogP contribution in [0, 0.1) is 0 Å². The molecule has 0 bridgehead atoms. The SMILES string of the molecule is CC(Cc1ccc2c(c1)OCO2)(C(=O)O)N1CCCC1. The van der Waals surface area contributed by atoms with Crippen LogP contribution in [-0.2, 0) is 11.2 Å². The van der Waals surface area contributed by atoms with Gasteiger partial charge in [0.2, 0.25) is 6.79 Å². The fourth-order valence-electron chi connectivity index (χ4n) is 2.98. The molecule has 0 amide bonds. The third-order valence-corrected chi connectivity index (χ3v) is 4.25. The summed E-state index contributed by atoms with van der Waals surface area (Å²) >= 11 is 0. The van der Waals surface area contributed by atoms with Crippen molar-refractivity contribution >= 4 is 5.97 Å². The summed E-state index contributed by atoms with van der Waals surface area (Å²) < 4.78 is 10.6. The highest BCUT2D eigenvalue weighted by Gasteiger charge is 2.41. The highest BCUT2D eigenvalue weighted by molar-refractivity contribution is 5.79. The third kappa shape index (κ3) is 2.22. The van der Waals surface area contributed by atoms with Crippen LogP contribution in [0.2, 0.25) is 0 Å². The van der Waals surface area contributed by atoms with Crippen molar-refractivity contribution < 1.29 is 19.4 Å². The van der Waals surface area contributed by atoms with Gasteiger partial charge in [0.25, 0.3) is 0 Å². The van der Waals surface area contributed by atoms with Crippen LogP contribution in [0.4, 0.5) is 0 Å². The first kappa shape index (κ1) is 13.2. The lowest BCUT2D eigenvalue weighted by Gasteiger charge is -2.35. The van der Waals surface area contributed by atoms with Gasteiger partial charge in [-0.1, -0.05) is 6.07 Å². The van der Waals surface area contributed by atoms with Gasteiger partial charge in [0, 0.05) is 6.42 Å². The summed E-state index contributed by atoms with van der Waals surface area (Å²) in [6.07, 6.45) is 2.62. The number of aliphatic carboxylic acids is 1. The maximum absolute atomic E-state index is 11.7. The number of hydrogen-bond donors (Lipinski definition) is 1. The van der Waals surface area contributed by atoms with Crippen molar-refractivity contribution in [1.29, 1.82) is 0 Å². The van der Waals surface area contributed by atoms with Crippen LogP contribution in [0.1, 0.15) is 25.3 Å². The van der Waals surface area contributed by atoms with Gasteiger partial charge in [-0.2, -0.15) is 0 Å². The Morgan fingerprint density at radius 2 is 2.00 bits per heavy atom. The number of carboxylic acid groups (broad SMARTS) is 1. The number of nitrogens with zero attached hydrogens (tertiary/aromatic N) is 1. The Hall–Kier alpha value is -1.75. The van der Waals surface area contributed by atoms with Gasteiger partial charge in [-0.15, -0.1) is 0 Å². The molecule has 1 unspecified atom stereocenters. The molecule has 2 aliphatic heterocycles.